The van der Waals surface area contributed by atoms with Gasteiger partial charge < -0.3 is 24.4 Å². The summed E-state index contributed by atoms with van der Waals surface area (Å²) in [6, 6.07) is 25.8. The standard InChI is InChI=1S/C37H47N3O5/c1-37(2,3)45-36(42)39-24-21-29(22-25-39)40(23-20-28-12-6-4-7-13-28)27-35(41)38-33-19-18-32(43-30-14-8-5-9-15-30)26-34(33)44-31-16-10-11-17-31/h4-9,12-15,18-19,26,29,31H,10-11,16-17,20-25,27H2,1-3H3,(H,38,41). The molecule has 1 saturated carbocycles. The fourth-order valence-electron chi connectivity index (χ4n) is 6.00. The van der Waals surface area contributed by atoms with Gasteiger partial charge in [-0.1, -0.05) is 48.5 Å². The molecule has 2 fully saturated rings. The Morgan fingerprint density at radius 1 is 0.867 bits per heavy atom. The highest BCUT2D eigenvalue weighted by Crippen LogP contribution is 2.35. The highest BCUT2D eigenvalue weighted by Gasteiger charge is 2.30. The Balaban J connectivity index is 1.27. The molecule has 8 nitrogen and oxygen atoms in total. The third kappa shape index (κ3) is 9.98. The van der Waals surface area contributed by atoms with E-state index in [0.717, 1.165) is 57.2 Å². The summed E-state index contributed by atoms with van der Waals surface area (Å²) >= 11 is 0. The predicted octanol–water partition coefficient (Wildman–Crippen LogP) is 7.68. The van der Waals surface area contributed by atoms with Gasteiger partial charge in [-0.05, 0) is 95.5 Å². The molecule has 1 saturated heterocycles. The average molecular weight is 614 g/mol. The van der Waals surface area contributed by atoms with Crippen molar-refractivity contribution < 1.29 is 23.8 Å². The normalized spacial score (nSPS) is 16.0. The van der Waals surface area contributed by atoms with Crippen LogP contribution in [0.5, 0.6) is 17.2 Å². The molecule has 1 N–H and O–H groups in total. The molecule has 5 rings (SSSR count). The van der Waals surface area contributed by atoms with E-state index in [1.54, 1.807) is 4.90 Å². The maximum atomic E-state index is 13.6. The van der Waals surface area contributed by atoms with Crippen molar-refractivity contribution in [2.24, 2.45) is 0 Å². The van der Waals surface area contributed by atoms with Gasteiger partial charge >= 0.3 is 6.09 Å². The van der Waals surface area contributed by atoms with Crippen molar-refractivity contribution in [3.05, 3.63) is 84.4 Å². The van der Waals surface area contributed by atoms with Crippen LogP contribution in [0.3, 0.4) is 0 Å². The molecule has 8 heteroatoms. The van der Waals surface area contributed by atoms with E-state index in [0.29, 0.717) is 30.3 Å². The largest absolute Gasteiger partial charge is 0.488 e. The van der Waals surface area contributed by atoms with Gasteiger partial charge in [-0.2, -0.15) is 0 Å². The van der Waals surface area contributed by atoms with Gasteiger partial charge in [0, 0.05) is 31.7 Å². The number of ether oxygens (including phenoxy) is 3. The van der Waals surface area contributed by atoms with E-state index < -0.39 is 5.60 Å². The molecule has 2 aliphatic rings. The molecule has 0 aromatic heterocycles. The van der Waals surface area contributed by atoms with Gasteiger partial charge in [0.2, 0.25) is 5.91 Å². The monoisotopic (exact) mass is 613 g/mol. The lowest BCUT2D eigenvalue weighted by Gasteiger charge is -2.38. The number of rotatable bonds is 11. The summed E-state index contributed by atoms with van der Waals surface area (Å²) in [6.45, 7) is 7.84. The van der Waals surface area contributed by atoms with Crippen molar-refractivity contribution in [1.82, 2.24) is 9.80 Å². The first-order valence-electron chi connectivity index (χ1n) is 16.3. The van der Waals surface area contributed by atoms with Gasteiger partial charge in [0.05, 0.1) is 18.3 Å². The molecule has 1 heterocycles. The first-order chi connectivity index (χ1) is 21.7. The molecular weight excluding hydrogens is 566 g/mol. The van der Waals surface area contributed by atoms with Crippen LogP contribution in [0.4, 0.5) is 10.5 Å². The van der Waals surface area contributed by atoms with Crippen LogP contribution >= 0.6 is 0 Å². The van der Waals surface area contributed by atoms with E-state index in [2.05, 4.69) is 22.3 Å². The van der Waals surface area contributed by atoms with Crippen LogP contribution in [-0.4, -0.2) is 65.7 Å². The highest BCUT2D eigenvalue weighted by atomic mass is 16.6. The maximum absolute atomic E-state index is 13.6. The molecule has 0 radical (unpaired) electrons. The lowest BCUT2D eigenvalue weighted by molar-refractivity contribution is -0.118. The molecule has 2 amide bonds. The van der Waals surface area contributed by atoms with Crippen LogP contribution in [0.25, 0.3) is 0 Å². The second-order valence-corrected chi connectivity index (χ2v) is 13.1. The summed E-state index contributed by atoms with van der Waals surface area (Å²) in [5, 5.41) is 3.15. The number of anilines is 1. The number of benzene rings is 3. The van der Waals surface area contributed by atoms with E-state index in [-0.39, 0.29) is 30.7 Å². The number of piperidine rings is 1. The number of hydrogen-bond donors (Lipinski definition) is 1. The van der Waals surface area contributed by atoms with Crippen LogP contribution in [0.2, 0.25) is 0 Å². The average Bonchev–Trinajstić information content (AvgIpc) is 3.54. The molecule has 0 unspecified atom stereocenters. The minimum atomic E-state index is -0.528. The minimum Gasteiger partial charge on any atom is -0.488 e. The van der Waals surface area contributed by atoms with Gasteiger partial charge in [0.1, 0.15) is 22.8 Å². The quantitative estimate of drug-likeness (QED) is 0.239. The lowest BCUT2D eigenvalue weighted by Crippen LogP contribution is -2.50. The third-order valence-electron chi connectivity index (χ3n) is 8.31. The van der Waals surface area contributed by atoms with E-state index >= 15 is 0 Å². The highest BCUT2D eigenvalue weighted by molar-refractivity contribution is 5.93. The van der Waals surface area contributed by atoms with Crippen molar-refractivity contribution in [3.63, 3.8) is 0 Å². The summed E-state index contributed by atoms with van der Waals surface area (Å²) < 4.78 is 18.1. The van der Waals surface area contributed by atoms with E-state index in [1.807, 2.05) is 87.5 Å². The molecule has 1 aliphatic heterocycles. The number of hydrogen-bond acceptors (Lipinski definition) is 6. The number of carbonyl (C=O) groups is 2. The second kappa shape index (κ2) is 15.3. The van der Waals surface area contributed by atoms with Gasteiger partial charge in [0.25, 0.3) is 0 Å². The topological polar surface area (TPSA) is 80.3 Å². The first kappa shape index (κ1) is 32.4. The van der Waals surface area contributed by atoms with Crippen molar-refractivity contribution >= 4 is 17.7 Å². The predicted molar refractivity (Wildman–Crippen MR) is 177 cm³/mol. The van der Waals surface area contributed by atoms with Crippen molar-refractivity contribution in [3.8, 4) is 17.2 Å². The van der Waals surface area contributed by atoms with Crippen molar-refractivity contribution in [1.29, 1.82) is 0 Å². The smallest absolute Gasteiger partial charge is 0.410 e. The summed E-state index contributed by atoms with van der Waals surface area (Å²) in [5.74, 6) is 1.94. The molecule has 1 aliphatic carbocycles. The SMILES string of the molecule is CC(C)(C)OC(=O)N1CCC(N(CCc2ccccc2)CC(=O)Nc2ccc(Oc3ccccc3)cc2OC2CCCC2)CC1. The summed E-state index contributed by atoms with van der Waals surface area (Å²) in [4.78, 5) is 30.4. The van der Waals surface area contributed by atoms with Crippen LogP contribution in [-0.2, 0) is 16.0 Å². The van der Waals surface area contributed by atoms with Crippen molar-refractivity contribution in [2.75, 3.05) is 31.5 Å². The van der Waals surface area contributed by atoms with Crippen molar-refractivity contribution in [2.45, 2.75) is 83.5 Å². The number of carbonyl (C=O) groups excluding carboxylic acids is 2. The Hall–Kier alpha value is -4.04. The Labute approximate surface area is 267 Å². The van der Waals surface area contributed by atoms with E-state index in [4.69, 9.17) is 14.2 Å². The third-order valence-corrected chi connectivity index (χ3v) is 8.31. The Kier molecular flexibility index (Phi) is 11.0. The maximum Gasteiger partial charge on any atom is 0.410 e. The second-order valence-electron chi connectivity index (χ2n) is 13.1. The molecule has 0 spiro atoms. The number of amides is 2. The van der Waals surface area contributed by atoms with E-state index in [1.165, 1.54) is 5.56 Å². The number of nitrogens with one attached hydrogen (secondary N) is 1. The molecule has 3 aromatic carbocycles. The first-order valence-corrected chi connectivity index (χ1v) is 16.3. The van der Waals surface area contributed by atoms with Gasteiger partial charge in [0.15, 0.2) is 0 Å². The molecule has 0 atom stereocenters. The Morgan fingerprint density at radius 2 is 1.53 bits per heavy atom. The minimum absolute atomic E-state index is 0.0920. The van der Waals surface area contributed by atoms with Gasteiger partial charge in [-0.25, -0.2) is 4.79 Å². The van der Waals surface area contributed by atoms with Crippen LogP contribution in [0.15, 0.2) is 78.9 Å². The number of para-hydroxylation sites is 1. The molecule has 45 heavy (non-hydrogen) atoms. The number of nitrogens with zero attached hydrogens (tertiary/aromatic N) is 2. The summed E-state index contributed by atoms with van der Waals surface area (Å²) in [5.41, 5.74) is 1.35. The lowest BCUT2D eigenvalue weighted by atomic mass is 10.0. The van der Waals surface area contributed by atoms with Gasteiger partial charge in [-0.3, -0.25) is 9.69 Å². The zero-order chi connectivity index (χ0) is 31.6. The zero-order valence-electron chi connectivity index (χ0n) is 26.9. The molecule has 0 bridgehead atoms. The van der Waals surface area contributed by atoms with E-state index in [9.17, 15) is 9.59 Å². The van der Waals surface area contributed by atoms with Crippen LogP contribution < -0.4 is 14.8 Å². The van der Waals surface area contributed by atoms with Gasteiger partial charge in [-0.15, -0.1) is 0 Å². The Bertz CT molecular complexity index is 1380. The van der Waals surface area contributed by atoms with Crippen LogP contribution in [0, 0.1) is 0 Å². The van der Waals surface area contributed by atoms with Crippen LogP contribution in [0.1, 0.15) is 64.9 Å². The Morgan fingerprint density at radius 3 is 2.20 bits per heavy atom. The number of likely N-dealkylation sites (tertiary alicyclic amines) is 1. The molecule has 3 aromatic rings. The summed E-state index contributed by atoms with van der Waals surface area (Å²) in [7, 11) is 0. The fourth-order valence-corrected chi connectivity index (χ4v) is 6.00. The molecule has 240 valence electrons. The fraction of sp³-hybridized carbons (Fsp3) is 0.459. The molecular formula is C37H47N3O5. The zero-order valence-corrected chi connectivity index (χ0v) is 26.9. The summed E-state index contributed by atoms with van der Waals surface area (Å²) in [6.07, 6.45) is 6.56.